The van der Waals surface area contributed by atoms with E-state index in [-0.39, 0.29) is 37.0 Å². The standard InChI is InChI=1S/C32H37N7O5/c1-22-16-39(23(2)20-40)32(42)28-15-25(34-31(41)19-38-21-33-35-36-38)11-14-29(28)44-30(22)18-37(3)17-24-9-12-27(13-10-24)43-26-7-5-4-6-8-26/h4-15,21-23,30,40H,16-20H2,1-3H3,(H,34,41)/t22-,23-,30+/m1/s1. The molecule has 0 spiro atoms. The number of aliphatic hydroxyl groups excluding tert-OH is 1. The molecule has 3 atom stereocenters. The molecule has 1 aromatic heterocycles. The van der Waals surface area contributed by atoms with Crippen molar-refractivity contribution in [3.63, 3.8) is 0 Å². The number of tetrazole rings is 1. The summed E-state index contributed by atoms with van der Waals surface area (Å²) in [6.45, 7) is 5.31. The number of benzene rings is 3. The molecule has 2 amide bonds. The summed E-state index contributed by atoms with van der Waals surface area (Å²) in [5.74, 6) is 1.34. The molecule has 0 saturated heterocycles. The molecule has 44 heavy (non-hydrogen) atoms. The van der Waals surface area contributed by atoms with Gasteiger partial charge in [-0.05, 0) is 72.4 Å². The van der Waals surface area contributed by atoms with E-state index in [1.807, 2.05) is 68.6 Å². The van der Waals surface area contributed by atoms with Gasteiger partial charge in [-0.1, -0.05) is 37.3 Å². The quantitative estimate of drug-likeness (QED) is 0.266. The predicted molar refractivity (Wildman–Crippen MR) is 163 cm³/mol. The average molecular weight is 600 g/mol. The highest BCUT2D eigenvalue weighted by Gasteiger charge is 2.33. The van der Waals surface area contributed by atoms with Gasteiger partial charge in [0.1, 0.15) is 36.2 Å². The summed E-state index contributed by atoms with van der Waals surface area (Å²) in [7, 11) is 2.03. The van der Waals surface area contributed by atoms with Crippen LogP contribution >= 0.6 is 0 Å². The Bertz CT molecular complexity index is 1530. The number of carbonyl (C=O) groups is 2. The van der Waals surface area contributed by atoms with Crippen LogP contribution in [0.2, 0.25) is 0 Å². The van der Waals surface area contributed by atoms with Crippen molar-refractivity contribution in [1.29, 1.82) is 0 Å². The normalized spacial score (nSPS) is 17.3. The minimum Gasteiger partial charge on any atom is -0.488 e. The fraction of sp³-hybridized carbons (Fsp3) is 0.344. The number of carbonyl (C=O) groups excluding carboxylic acids is 2. The molecule has 5 rings (SSSR count). The SMILES string of the molecule is C[C@@H]1CN([C@H](C)CO)C(=O)c2cc(NC(=O)Cn3cnnn3)ccc2O[C@H]1CN(C)Cc1ccc(Oc2ccccc2)cc1. The maximum Gasteiger partial charge on any atom is 0.258 e. The molecule has 0 saturated carbocycles. The van der Waals surface area contributed by atoms with Crippen LogP contribution in [-0.4, -0.2) is 85.8 Å². The van der Waals surface area contributed by atoms with Gasteiger partial charge in [-0.25, -0.2) is 4.68 Å². The lowest BCUT2D eigenvalue weighted by Gasteiger charge is -2.38. The van der Waals surface area contributed by atoms with Crippen LogP contribution in [0.25, 0.3) is 0 Å². The van der Waals surface area contributed by atoms with E-state index in [0.29, 0.717) is 36.6 Å². The second-order valence-corrected chi connectivity index (χ2v) is 11.1. The van der Waals surface area contributed by atoms with E-state index >= 15 is 0 Å². The molecule has 4 aromatic rings. The van der Waals surface area contributed by atoms with Gasteiger partial charge in [-0.2, -0.15) is 0 Å². The summed E-state index contributed by atoms with van der Waals surface area (Å²) >= 11 is 0. The van der Waals surface area contributed by atoms with Gasteiger partial charge in [-0.3, -0.25) is 14.5 Å². The van der Waals surface area contributed by atoms with E-state index in [1.54, 1.807) is 23.1 Å². The molecule has 2 N–H and O–H groups in total. The van der Waals surface area contributed by atoms with Gasteiger partial charge in [0.25, 0.3) is 5.91 Å². The first-order valence-corrected chi connectivity index (χ1v) is 14.5. The first-order chi connectivity index (χ1) is 21.3. The molecular weight excluding hydrogens is 562 g/mol. The lowest BCUT2D eigenvalue weighted by molar-refractivity contribution is -0.116. The van der Waals surface area contributed by atoms with E-state index in [1.165, 1.54) is 11.0 Å². The molecule has 3 aromatic carbocycles. The maximum atomic E-state index is 13.7. The number of anilines is 1. The summed E-state index contributed by atoms with van der Waals surface area (Å²) in [5.41, 5.74) is 1.89. The van der Waals surface area contributed by atoms with Crippen LogP contribution in [0, 0.1) is 5.92 Å². The summed E-state index contributed by atoms with van der Waals surface area (Å²) in [6, 6.07) is 22.3. The summed E-state index contributed by atoms with van der Waals surface area (Å²) in [4.78, 5) is 30.1. The van der Waals surface area contributed by atoms with Crippen molar-refractivity contribution in [3.8, 4) is 17.2 Å². The van der Waals surface area contributed by atoms with Crippen LogP contribution in [0.1, 0.15) is 29.8 Å². The van der Waals surface area contributed by atoms with Crippen molar-refractivity contribution >= 4 is 17.5 Å². The number of ether oxygens (including phenoxy) is 2. The second-order valence-electron chi connectivity index (χ2n) is 11.1. The Morgan fingerprint density at radius 3 is 2.59 bits per heavy atom. The van der Waals surface area contributed by atoms with Crippen molar-refractivity contribution in [2.45, 2.75) is 39.1 Å². The molecule has 0 fully saturated rings. The third-order valence-electron chi connectivity index (χ3n) is 7.49. The summed E-state index contributed by atoms with van der Waals surface area (Å²) in [5, 5.41) is 23.5. The van der Waals surface area contributed by atoms with Gasteiger partial charge in [-0.15, -0.1) is 5.10 Å². The molecule has 0 bridgehead atoms. The smallest absolute Gasteiger partial charge is 0.258 e. The number of nitrogens with one attached hydrogen (secondary N) is 1. The van der Waals surface area contributed by atoms with Crippen molar-refractivity contribution in [2.75, 3.05) is 32.1 Å². The van der Waals surface area contributed by atoms with E-state index in [2.05, 4.69) is 32.7 Å². The summed E-state index contributed by atoms with van der Waals surface area (Å²) < 4.78 is 13.7. The number of aromatic nitrogens is 4. The van der Waals surface area contributed by atoms with Crippen molar-refractivity contribution < 1.29 is 24.2 Å². The van der Waals surface area contributed by atoms with Crippen molar-refractivity contribution in [3.05, 3.63) is 90.3 Å². The maximum absolute atomic E-state index is 13.7. The minimum absolute atomic E-state index is 0.0270. The molecule has 1 aliphatic heterocycles. The van der Waals surface area contributed by atoms with Crippen LogP contribution in [0.5, 0.6) is 17.2 Å². The van der Waals surface area contributed by atoms with E-state index < -0.39 is 6.04 Å². The Kier molecular flexibility index (Phi) is 9.82. The molecule has 12 nitrogen and oxygen atoms in total. The topological polar surface area (TPSA) is 135 Å². The first-order valence-electron chi connectivity index (χ1n) is 14.5. The summed E-state index contributed by atoms with van der Waals surface area (Å²) in [6.07, 6.45) is 1.10. The number of nitrogens with zero attached hydrogens (tertiary/aromatic N) is 6. The lowest BCUT2D eigenvalue weighted by atomic mass is 9.99. The second kappa shape index (κ2) is 14.1. The zero-order valence-corrected chi connectivity index (χ0v) is 25.0. The van der Waals surface area contributed by atoms with Crippen LogP contribution < -0.4 is 14.8 Å². The van der Waals surface area contributed by atoms with Crippen LogP contribution in [0.15, 0.2) is 79.1 Å². The number of rotatable bonds is 11. The Labute approximate surface area is 256 Å². The van der Waals surface area contributed by atoms with Crippen LogP contribution in [0.4, 0.5) is 5.69 Å². The highest BCUT2D eigenvalue weighted by atomic mass is 16.5. The van der Waals surface area contributed by atoms with Gasteiger partial charge in [0.05, 0.1) is 18.2 Å². The fourth-order valence-electron chi connectivity index (χ4n) is 5.09. The van der Waals surface area contributed by atoms with Gasteiger partial charge < -0.3 is 24.8 Å². The molecule has 2 heterocycles. The lowest BCUT2D eigenvalue weighted by Crippen LogP contribution is -2.49. The Balaban J connectivity index is 1.29. The number of amides is 2. The third-order valence-corrected chi connectivity index (χ3v) is 7.49. The molecule has 230 valence electrons. The number of aliphatic hydroxyl groups is 1. The monoisotopic (exact) mass is 599 g/mol. The van der Waals surface area contributed by atoms with Gasteiger partial charge >= 0.3 is 0 Å². The largest absolute Gasteiger partial charge is 0.488 e. The predicted octanol–water partition coefficient (Wildman–Crippen LogP) is 3.46. The van der Waals surface area contributed by atoms with Gasteiger partial charge in [0.2, 0.25) is 5.91 Å². The molecule has 1 aliphatic rings. The van der Waals surface area contributed by atoms with Crippen LogP contribution in [-0.2, 0) is 17.9 Å². The van der Waals surface area contributed by atoms with E-state index in [9.17, 15) is 14.7 Å². The Hall–Kier alpha value is -4.81. The van der Waals surface area contributed by atoms with Crippen molar-refractivity contribution in [1.82, 2.24) is 30.0 Å². The zero-order valence-electron chi connectivity index (χ0n) is 25.0. The third kappa shape index (κ3) is 7.77. The Morgan fingerprint density at radius 1 is 1.14 bits per heavy atom. The minimum atomic E-state index is -0.399. The molecule has 12 heteroatoms. The van der Waals surface area contributed by atoms with Gasteiger partial charge in [0.15, 0.2) is 0 Å². The fourth-order valence-corrected chi connectivity index (χ4v) is 5.09. The molecular formula is C32H37N7O5. The number of hydrogen-bond acceptors (Lipinski definition) is 9. The number of fused-ring (bicyclic) bond motifs is 1. The highest BCUT2D eigenvalue weighted by molar-refractivity contribution is 5.99. The molecule has 0 unspecified atom stereocenters. The number of para-hydroxylation sites is 1. The van der Waals surface area contributed by atoms with Crippen LogP contribution in [0.3, 0.4) is 0 Å². The van der Waals surface area contributed by atoms with E-state index in [0.717, 1.165) is 17.1 Å². The molecule has 0 aliphatic carbocycles. The molecule has 0 radical (unpaired) electrons. The Morgan fingerprint density at radius 2 is 1.89 bits per heavy atom. The number of hydrogen-bond donors (Lipinski definition) is 2. The van der Waals surface area contributed by atoms with Gasteiger partial charge in [0, 0.05) is 31.2 Å². The average Bonchev–Trinajstić information content (AvgIpc) is 3.53. The first kappa shape index (κ1) is 30.6. The van der Waals surface area contributed by atoms with Crippen molar-refractivity contribution in [2.24, 2.45) is 5.92 Å². The highest BCUT2D eigenvalue weighted by Crippen LogP contribution is 2.31. The van der Waals surface area contributed by atoms with E-state index in [4.69, 9.17) is 9.47 Å². The number of likely N-dealkylation sites (N-methyl/N-ethyl adjacent to an activating group) is 1. The zero-order chi connectivity index (χ0) is 31.1.